The molecule has 2 nitrogen and oxygen atoms in total. The minimum atomic E-state index is -1.77. The molecule has 0 aliphatic heterocycles. The van der Waals surface area contributed by atoms with Crippen LogP contribution in [0.2, 0.25) is 18.1 Å². The van der Waals surface area contributed by atoms with E-state index in [2.05, 4.69) is 52.9 Å². The van der Waals surface area contributed by atoms with Gasteiger partial charge in [0.25, 0.3) is 0 Å². The molecule has 0 fully saturated rings. The average Bonchev–Trinajstić information content (AvgIpc) is 2.35. The third kappa shape index (κ3) is 4.44. The minimum Gasteiger partial charge on any atom is -0.414 e. The highest BCUT2D eigenvalue weighted by molar-refractivity contribution is 6.74. The molecule has 1 aromatic carbocycles. The van der Waals surface area contributed by atoms with Gasteiger partial charge in [0, 0.05) is 5.92 Å². The Morgan fingerprint density at radius 2 is 1.68 bits per heavy atom. The summed E-state index contributed by atoms with van der Waals surface area (Å²) in [5.74, 6) is 0.103. The van der Waals surface area contributed by atoms with Crippen molar-refractivity contribution in [2.75, 3.05) is 6.61 Å². The zero-order valence-electron chi connectivity index (χ0n) is 13.1. The van der Waals surface area contributed by atoms with Crippen LogP contribution in [0.25, 0.3) is 0 Å². The molecular formula is C16H28O2Si. The van der Waals surface area contributed by atoms with Gasteiger partial charge in [-0.05, 0) is 23.7 Å². The Kier molecular flexibility index (Phi) is 5.36. The summed E-state index contributed by atoms with van der Waals surface area (Å²) in [4.78, 5) is 0. The summed E-state index contributed by atoms with van der Waals surface area (Å²) in [7, 11) is -1.77. The van der Waals surface area contributed by atoms with Gasteiger partial charge in [0.15, 0.2) is 8.32 Å². The number of rotatable bonds is 5. The van der Waals surface area contributed by atoms with Crippen LogP contribution in [0.1, 0.15) is 39.2 Å². The number of hydrogen-bond acceptors (Lipinski definition) is 2. The molecule has 1 rings (SSSR count). The number of aliphatic hydroxyl groups is 1. The maximum atomic E-state index is 10.3. The first-order valence-corrected chi connectivity index (χ1v) is 9.93. The first-order chi connectivity index (χ1) is 8.65. The van der Waals surface area contributed by atoms with E-state index in [0.29, 0.717) is 6.61 Å². The first-order valence-electron chi connectivity index (χ1n) is 7.02. The Bertz CT molecular complexity index is 381. The van der Waals surface area contributed by atoms with Gasteiger partial charge in [0.05, 0.1) is 12.7 Å². The molecule has 0 heterocycles. The van der Waals surface area contributed by atoms with Gasteiger partial charge in [-0.1, -0.05) is 58.0 Å². The second kappa shape index (κ2) is 6.20. The van der Waals surface area contributed by atoms with Crippen LogP contribution in [0.3, 0.4) is 0 Å². The van der Waals surface area contributed by atoms with E-state index < -0.39 is 14.4 Å². The van der Waals surface area contributed by atoms with E-state index >= 15 is 0 Å². The highest BCUT2D eigenvalue weighted by Crippen LogP contribution is 2.36. The molecule has 0 aromatic heterocycles. The predicted molar refractivity (Wildman–Crippen MR) is 84.0 cm³/mol. The topological polar surface area (TPSA) is 29.5 Å². The van der Waals surface area contributed by atoms with Crippen molar-refractivity contribution in [1.82, 2.24) is 0 Å². The summed E-state index contributed by atoms with van der Waals surface area (Å²) >= 11 is 0. The van der Waals surface area contributed by atoms with Gasteiger partial charge in [0.2, 0.25) is 0 Å². The molecule has 0 amide bonds. The Morgan fingerprint density at radius 3 is 2.16 bits per heavy atom. The molecule has 108 valence electrons. The first kappa shape index (κ1) is 16.4. The third-order valence-electron chi connectivity index (χ3n) is 4.32. The highest BCUT2D eigenvalue weighted by Gasteiger charge is 2.37. The third-order valence-corrected chi connectivity index (χ3v) is 8.82. The van der Waals surface area contributed by atoms with Gasteiger partial charge in [-0.2, -0.15) is 0 Å². The largest absolute Gasteiger partial charge is 0.414 e. The van der Waals surface area contributed by atoms with E-state index in [1.807, 2.05) is 18.2 Å². The summed E-state index contributed by atoms with van der Waals surface area (Å²) in [5, 5.41) is 10.5. The van der Waals surface area contributed by atoms with Gasteiger partial charge >= 0.3 is 0 Å². The van der Waals surface area contributed by atoms with Crippen LogP contribution in [0, 0.1) is 0 Å². The molecule has 0 saturated carbocycles. The van der Waals surface area contributed by atoms with Crippen molar-refractivity contribution in [3.63, 3.8) is 0 Å². The lowest BCUT2D eigenvalue weighted by molar-refractivity contribution is 0.0818. The maximum Gasteiger partial charge on any atom is 0.192 e. The van der Waals surface area contributed by atoms with Crippen molar-refractivity contribution < 1.29 is 9.53 Å². The summed E-state index contributed by atoms with van der Waals surface area (Å²) in [6.45, 7) is 13.5. The molecule has 2 atom stereocenters. The molecule has 0 saturated heterocycles. The highest BCUT2D eigenvalue weighted by atomic mass is 28.4. The van der Waals surface area contributed by atoms with E-state index in [1.54, 1.807) is 0 Å². The lowest BCUT2D eigenvalue weighted by Crippen LogP contribution is -2.43. The van der Waals surface area contributed by atoms with E-state index in [1.165, 1.54) is 0 Å². The molecule has 0 aliphatic carbocycles. The number of benzene rings is 1. The van der Waals surface area contributed by atoms with E-state index in [4.69, 9.17) is 4.43 Å². The summed E-state index contributed by atoms with van der Waals surface area (Å²) in [5.41, 5.74) is 1.16. The van der Waals surface area contributed by atoms with Crippen LogP contribution in [-0.2, 0) is 4.43 Å². The van der Waals surface area contributed by atoms with Gasteiger partial charge < -0.3 is 9.53 Å². The van der Waals surface area contributed by atoms with Crippen LogP contribution < -0.4 is 0 Å². The van der Waals surface area contributed by atoms with Crippen molar-refractivity contribution in [3.8, 4) is 0 Å². The summed E-state index contributed by atoms with van der Waals surface area (Å²) < 4.78 is 6.09. The summed E-state index contributed by atoms with van der Waals surface area (Å²) in [6, 6.07) is 10.1. The smallest absolute Gasteiger partial charge is 0.192 e. The van der Waals surface area contributed by atoms with E-state index in [-0.39, 0.29) is 11.0 Å². The zero-order chi connectivity index (χ0) is 14.7. The normalized spacial score (nSPS) is 16.2. The van der Waals surface area contributed by atoms with Gasteiger partial charge in [-0.3, -0.25) is 0 Å². The van der Waals surface area contributed by atoms with Crippen molar-refractivity contribution in [2.45, 2.75) is 57.8 Å². The SMILES string of the molecule is C[C@H](c1ccccc1)[C@@H](O)CO[Si](C)(C)C(C)(C)C. The maximum absolute atomic E-state index is 10.3. The summed E-state index contributed by atoms with van der Waals surface area (Å²) in [6.07, 6.45) is -0.448. The van der Waals surface area contributed by atoms with Crippen LogP contribution in [0.15, 0.2) is 30.3 Å². The second-order valence-electron chi connectivity index (χ2n) is 6.84. The lowest BCUT2D eigenvalue weighted by atomic mass is 9.96. The number of aliphatic hydroxyl groups excluding tert-OH is 1. The molecule has 0 radical (unpaired) electrons. The average molecular weight is 280 g/mol. The molecule has 0 aliphatic rings. The second-order valence-corrected chi connectivity index (χ2v) is 11.6. The van der Waals surface area contributed by atoms with Crippen molar-refractivity contribution in [3.05, 3.63) is 35.9 Å². The Balaban J connectivity index is 2.59. The predicted octanol–water partition coefficient (Wildman–Crippen LogP) is 4.17. The van der Waals surface area contributed by atoms with E-state index in [0.717, 1.165) is 5.56 Å². The quantitative estimate of drug-likeness (QED) is 0.820. The molecule has 0 bridgehead atoms. The van der Waals surface area contributed by atoms with Crippen LogP contribution in [-0.4, -0.2) is 26.1 Å². The Hall–Kier alpha value is -0.643. The van der Waals surface area contributed by atoms with Crippen LogP contribution in [0.4, 0.5) is 0 Å². The van der Waals surface area contributed by atoms with E-state index in [9.17, 15) is 5.11 Å². The zero-order valence-corrected chi connectivity index (χ0v) is 14.1. The molecule has 0 spiro atoms. The molecule has 1 aromatic rings. The van der Waals surface area contributed by atoms with Crippen LogP contribution >= 0.6 is 0 Å². The molecule has 19 heavy (non-hydrogen) atoms. The standard InChI is InChI=1S/C16H28O2Si/c1-13(14-10-8-7-9-11-14)15(17)12-18-19(5,6)16(2,3)4/h7-11,13,15,17H,12H2,1-6H3/t13-,15+/m1/s1. The number of hydrogen-bond donors (Lipinski definition) is 1. The van der Waals surface area contributed by atoms with Crippen molar-refractivity contribution in [2.24, 2.45) is 0 Å². The molecule has 3 heteroatoms. The van der Waals surface area contributed by atoms with Gasteiger partial charge in [-0.15, -0.1) is 0 Å². The lowest BCUT2D eigenvalue weighted by Gasteiger charge is -2.37. The fourth-order valence-corrected chi connectivity index (χ4v) is 2.65. The van der Waals surface area contributed by atoms with Crippen LogP contribution in [0.5, 0.6) is 0 Å². The Labute approximate surface area is 118 Å². The van der Waals surface area contributed by atoms with Gasteiger partial charge in [0.1, 0.15) is 0 Å². The van der Waals surface area contributed by atoms with Crippen molar-refractivity contribution >= 4 is 8.32 Å². The molecule has 0 unspecified atom stereocenters. The molecular weight excluding hydrogens is 252 g/mol. The fourth-order valence-electron chi connectivity index (χ4n) is 1.63. The van der Waals surface area contributed by atoms with Gasteiger partial charge in [-0.25, -0.2) is 0 Å². The monoisotopic (exact) mass is 280 g/mol. The minimum absolute atomic E-state index is 0.103. The van der Waals surface area contributed by atoms with Crippen molar-refractivity contribution in [1.29, 1.82) is 0 Å². The Morgan fingerprint density at radius 1 is 1.16 bits per heavy atom. The molecule has 1 N–H and O–H groups in total. The fraction of sp³-hybridized carbons (Fsp3) is 0.625.